The molecule has 1 rings (SSSR count). The predicted molar refractivity (Wildman–Crippen MR) is 50.5 cm³/mol. The lowest BCUT2D eigenvalue weighted by molar-refractivity contribution is 0.271. The molecular weight excluding hydrogens is 169 g/mol. The Kier molecular flexibility index (Phi) is 3.71. The van der Waals surface area contributed by atoms with Crippen LogP contribution in [0.3, 0.4) is 0 Å². The van der Waals surface area contributed by atoms with E-state index >= 15 is 0 Å². The van der Waals surface area contributed by atoms with E-state index in [1.807, 2.05) is 25.1 Å². The molecule has 72 valence electrons. The molecule has 0 heterocycles. The van der Waals surface area contributed by atoms with Gasteiger partial charge < -0.3 is 10.5 Å². The first-order chi connectivity index (χ1) is 6.27. The molecule has 0 spiro atoms. The molecule has 2 N–H and O–H groups in total. The number of nitrogens with two attached hydrogens (primary N) is 1. The average Bonchev–Trinajstić information content (AvgIpc) is 2.16. The first-order valence-corrected chi connectivity index (χ1v) is 4.26. The highest BCUT2D eigenvalue weighted by atomic mass is 19.1. The Bertz CT molecular complexity index is 276. The summed E-state index contributed by atoms with van der Waals surface area (Å²) >= 11 is 0. The number of hydrogen-bond donors (Lipinski definition) is 1. The van der Waals surface area contributed by atoms with Gasteiger partial charge >= 0.3 is 0 Å². The zero-order valence-electron chi connectivity index (χ0n) is 7.72. The number of hydrogen-bond acceptors (Lipinski definition) is 2. The number of alkyl halides is 1. The molecule has 0 saturated heterocycles. The van der Waals surface area contributed by atoms with E-state index in [-0.39, 0.29) is 6.61 Å². The maximum Gasteiger partial charge on any atom is 0.123 e. The Hall–Kier alpha value is -1.09. The second kappa shape index (κ2) is 4.82. The number of benzene rings is 1. The molecule has 0 fully saturated rings. The van der Waals surface area contributed by atoms with E-state index in [0.717, 1.165) is 11.1 Å². The van der Waals surface area contributed by atoms with Crippen molar-refractivity contribution in [2.45, 2.75) is 13.5 Å². The molecule has 13 heavy (non-hydrogen) atoms. The summed E-state index contributed by atoms with van der Waals surface area (Å²) in [5, 5.41) is 0. The highest BCUT2D eigenvalue weighted by molar-refractivity contribution is 5.36. The fraction of sp³-hybridized carbons (Fsp3) is 0.400. The summed E-state index contributed by atoms with van der Waals surface area (Å²) in [6, 6.07) is 5.70. The van der Waals surface area contributed by atoms with Gasteiger partial charge in [0, 0.05) is 12.1 Å². The van der Waals surface area contributed by atoms with Crippen LogP contribution >= 0.6 is 0 Å². The minimum Gasteiger partial charge on any atom is -0.491 e. The van der Waals surface area contributed by atoms with E-state index in [4.69, 9.17) is 10.5 Å². The van der Waals surface area contributed by atoms with Crippen LogP contribution < -0.4 is 10.5 Å². The zero-order valence-corrected chi connectivity index (χ0v) is 7.72. The van der Waals surface area contributed by atoms with Crippen molar-refractivity contribution in [2.75, 3.05) is 13.3 Å². The van der Waals surface area contributed by atoms with Gasteiger partial charge in [0.2, 0.25) is 0 Å². The summed E-state index contributed by atoms with van der Waals surface area (Å²) in [5.74, 6) is 0.686. The number of ether oxygens (including phenoxy) is 1. The Morgan fingerprint density at radius 2 is 2.23 bits per heavy atom. The minimum absolute atomic E-state index is 0.0933. The molecule has 0 aliphatic rings. The molecular formula is C10H14FNO. The smallest absolute Gasteiger partial charge is 0.123 e. The molecule has 0 radical (unpaired) electrons. The Balaban J connectivity index is 2.79. The largest absolute Gasteiger partial charge is 0.491 e. The van der Waals surface area contributed by atoms with Crippen LogP contribution in [0.2, 0.25) is 0 Å². The van der Waals surface area contributed by atoms with Crippen LogP contribution in [0.25, 0.3) is 0 Å². The predicted octanol–water partition coefficient (Wildman–Crippen LogP) is 1.80. The third-order valence-electron chi connectivity index (χ3n) is 1.77. The van der Waals surface area contributed by atoms with Crippen molar-refractivity contribution >= 4 is 0 Å². The Morgan fingerprint density at radius 3 is 2.85 bits per heavy atom. The van der Waals surface area contributed by atoms with Gasteiger partial charge in [-0.05, 0) is 13.0 Å². The van der Waals surface area contributed by atoms with Gasteiger partial charge in [-0.25, -0.2) is 4.39 Å². The van der Waals surface area contributed by atoms with Crippen molar-refractivity contribution < 1.29 is 9.13 Å². The van der Waals surface area contributed by atoms with Crippen molar-refractivity contribution in [1.82, 2.24) is 0 Å². The van der Waals surface area contributed by atoms with Crippen LogP contribution in [0.1, 0.15) is 11.1 Å². The lowest BCUT2D eigenvalue weighted by Gasteiger charge is -2.09. The van der Waals surface area contributed by atoms with Gasteiger partial charge in [0.05, 0.1) is 0 Å². The van der Waals surface area contributed by atoms with Crippen molar-refractivity contribution in [3.05, 3.63) is 29.3 Å². The number of aryl methyl sites for hydroxylation is 1. The van der Waals surface area contributed by atoms with Gasteiger partial charge in [-0.15, -0.1) is 0 Å². The summed E-state index contributed by atoms with van der Waals surface area (Å²) in [7, 11) is 0. The molecule has 0 atom stereocenters. The quantitative estimate of drug-likeness (QED) is 0.772. The molecule has 1 aromatic carbocycles. The molecule has 0 aliphatic heterocycles. The van der Waals surface area contributed by atoms with E-state index < -0.39 is 6.67 Å². The van der Waals surface area contributed by atoms with Crippen LogP contribution in [-0.2, 0) is 6.54 Å². The maximum atomic E-state index is 11.8. The fourth-order valence-electron chi connectivity index (χ4n) is 1.16. The molecule has 0 amide bonds. The lowest BCUT2D eigenvalue weighted by Crippen LogP contribution is -2.04. The molecule has 0 aliphatic carbocycles. The van der Waals surface area contributed by atoms with Crippen LogP contribution in [0.15, 0.2) is 18.2 Å². The normalized spacial score (nSPS) is 10.1. The van der Waals surface area contributed by atoms with Crippen LogP contribution in [-0.4, -0.2) is 13.3 Å². The number of rotatable bonds is 4. The first kappa shape index (κ1) is 9.99. The van der Waals surface area contributed by atoms with Crippen molar-refractivity contribution in [3.8, 4) is 5.75 Å². The molecule has 0 aromatic heterocycles. The molecule has 0 bridgehead atoms. The van der Waals surface area contributed by atoms with Crippen LogP contribution in [0.5, 0.6) is 5.75 Å². The van der Waals surface area contributed by atoms with Gasteiger partial charge in [-0.2, -0.15) is 0 Å². The van der Waals surface area contributed by atoms with Gasteiger partial charge in [0.25, 0.3) is 0 Å². The topological polar surface area (TPSA) is 35.2 Å². The van der Waals surface area contributed by atoms with Gasteiger partial charge in [0.1, 0.15) is 19.0 Å². The van der Waals surface area contributed by atoms with Crippen LogP contribution in [0, 0.1) is 6.92 Å². The Morgan fingerprint density at radius 1 is 1.46 bits per heavy atom. The third kappa shape index (κ3) is 2.70. The molecule has 1 aromatic rings. The molecule has 0 saturated carbocycles. The molecule has 3 heteroatoms. The zero-order chi connectivity index (χ0) is 9.68. The van der Waals surface area contributed by atoms with Gasteiger partial charge in [-0.3, -0.25) is 0 Å². The second-order valence-corrected chi connectivity index (χ2v) is 2.85. The number of halogens is 1. The maximum absolute atomic E-state index is 11.8. The molecule has 2 nitrogen and oxygen atoms in total. The SMILES string of the molecule is Cc1ccc(OCCF)c(CN)c1. The van der Waals surface area contributed by atoms with Crippen molar-refractivity contribution in [1.29, 1.82) is 0 Å². The lowest BCUT2D eigenvalue weighted by atomic mass is 10.1. The summed E-state index contributed by atoms with van der Waals surface area (Å²) < 4.78 is 17.0. The van der Waals surface area contributed by atoms with Crippen molar-refractivity contribution in [3.63, 3.8) is 0 Å². The van der Waals surface area contributed by atoms with E-state index in [1.54, 1.807) is 0 Å². The first-order valence-electron chi connectivity index (χ1n) is 4.26. The Labute approximate surface area is 77.5 Å². The summed E-state index contributed by atoms with van der Waals surface area (Å²) in [6.45, 7) is 2.02. The third-order valence-corrected chi connectivity index (χ3v) is 1.77. The van der Waals surface area contributed by atoms with E-state index in [1.165, 1.54) is 0 Å². The van der Waals surface area contributed by atoms with E-state index in [9.17, 15) is 4.39 Å². The highest BCUT2D eigenvalue weighted by Crippen LogP contribution is 2.19. The van der Waals surface area contributed by atoms with Gasteiger partial charge in [0.15, 0.2) is 0 Å². The van der Waals surface area contributed by atoms with E-state index in [0.29, 0.717) is 12.3 Å². The summed E-state index contributed by atoms with van der Waals surface area (Å²) in [6.07, 6.45) is 0. The average molecular weight is 183 g/mol. The van der Waals surface area contributed by atoms with E-state index in [2.05, 4.69) is 0 Å². The summed E-state index contributed by atoms with van der Waals surface area (Å²) in [5.41, 5.74) is 7.57. The summed E-state index contributed by atoms with van der Waals surface area (Å²) in [4.78, 5) is 0. The standard InChI is InChI=1S/C10H14FNO/c1-8-2-3-10(13-5-4-11)9(6-8)7-12/h2-3,6H,4-5,7,12H2,1H3. The minimum atomic E-state index is -0.474. The van der Waals surface area contributed by atoms with Crippen LogP contribution in [0.4, 0.5) is 4.39 Å². The fourth-order valence-corrected chi connectivity index (χ4v) is 1.16. The highest BCUT2D eigenvalue weighted by Gasteiger charge is 2.01. The monoisotopic (exact) mass is 183 g/mol. The second-order valence-electron chi connectivity index (χ2n) is 2.85. The van der Waals surface area contributed by atoms with Gasteiger partial charge in [-0.1, -0.05) is 17.7 Å². The van der Waals surface area contributed by atoms with Crippen molar-refractivity contribution in [2.24, 2.45) is 5.73 Å². The molecule has 0 unspecified atom stereocenters.